The molecule has 9 heteroatoms. The third-order valence-electron chi connectivity index (χ3n) is 15.3. The Labute approximate surface area is 336 Å². The summed E-state index contributed by atoms with van der Waals surface area (Å²) in [6.07, 6.45) is 36.9. The second-order valence-electron chi connectivity index (χ2n) is 19.0. The molecule has 6 saturated carbocycles. The first-order valence-corrected chi connectivity index (χ1v) is 23.0. The Morgan fingerprint density at radius 1 is 0.509 bits per heavy atom. The fourth-order valence-electron chi connectivity index (χ4n) is 11.6. The zero-order valence-electron chi connectivity index (χ0n) is 35.2. The highest BCUT2D eigenvalue weighted by molar-refractivity contribution is 5.83. The van der Waals surface area contributed by atoms with Crippen molar-refractivity contribution in [2.45, 2.75) is 199 Å². The Balaban J connectivity index is 0. The summed E-state index contributed by atoms with van der Waals surface area (Å²) in [5.41, 5.74) is 0. The number of carbonyl (C=O) groups excluding carboxylic acids is 1. The summed E-state index contributed by atoms with van der Waals surface area (Å²) in [6, 6.07) is 0. The maximum Gasteiger partial charge on any atom is 0.173 e. The highest BCUT2D eigenvalue weighted by Gasteiger charge is 2.51. The standard InChI is InChI=1S/C23H40O2.C13H22O.C10H20O2.4FH.2H2/c1-18-12-14-19(15-13-18)20-16-24-23(25-17-20,21-8-4-2-5-9-21)22-10-6-3-7-11-22;14-13(11-7-3-1-4-8-11)12-9-5-2-6-10-12;1-8-2-4-9(5-3-8)10(6-11)7-12;;;;;;/h18-22H,2-17H2,1H3;11-12H,1-10H2;8-12H,2-7H2,1H3;6*1H/i;;;;;;;2*1+1. The smallest absolute Gasteiger partial charge is 0.173 e. The van der Waals surface area contributed by atoms with Crippen LogP contribution in [0.15, 0.2) is 0 Å². The molecule has 7 fully saturated rings. The van der Waals surface area contributed by atoms with Crippen LogP contribution in [0.5, 0.6) is 0 Å². The number of aliphatic hydroxyl groups is 2. The van der Waals surface area contributed by atoms with Crippen molar-refractivity contribution in [1.82, 2.24) is 0 Å². The zero-order valence-corrected chi connectivity index (χ0v) is 35.2. The van der Waals surface area contributed by atoms with Gasteiger partial charge in [0.2, 0.25) is 0 Å². The number of ether oxygens (including phenoxy) is 2. The Morgan fingerprint density at radius 3 is 1.22 bits per heavy atom. The minimum atomic E-state index is -0.209. The summed E-state index contributed by atoms with van der Waals surface area (Å²) in [4.78, 5) is 12.2. The van der Waals surface area contributed by atoms with Crippen molar-refractivity contribution >= 4 is 5.78 Å². The van der Waals surface area contributed by atoms with E-state index in [1.807, 2.05) is 0 Å². The molecule has 2 N–H and O–H groups in total. The van der Waals surface area contributed by atoms with E-state index in [2.05, 4.69) is 13.8 Å². The zero-order chi connectivity index (χ0) is 35.9. The van der Waals surface area contributed by atoms with Gasteiger partial charge in [-0.25, -0.2) is 0 Å². The first kappa shape index (κ1) is 52.2. The van der Waals surface area contributed by atoms with Crippen LogP contribution in [0.3, 0.4) is 0 Å². The monoisotopic (exact) mass is 801 g/mol. The quantitative estimate of drug-likeness (QED) is 0.239. The van der Waals surface area contributed by atoms with Crippen molar-refractivity contribution in [1.29, 1.82) is 0 Å². The minimum Gasteiger partial charge on any atom is -0.396 e. The number of halogens is 4. The largest absolute Gasteiger partial charge is 0.396 e. The molecule has 0 spiro atoms. The van der Waals surface area contributed by atoms with Gasteiger partial charge >= 0.3 is 0 Å². The fraction of sp³-hybridized carbons (Fsp3) is 0.978. The second kappa shape index (κ2) is 27.8. The third-order valence-corrected chi connectivity index (χ3v) is 15.3. The molecule has 0 aromatic rings. The molecule has 6 aliphatic carbocycles. The lowest BCUT2D eigenvalue weighted by molar-refractivity contribution is -0.344. The summed E-state index contributed by atoms with van der Waals surface area (Å²) in [7, 11) is 0. The van der Waals surface area contributed by atoms with E-state index >= 15 is 0 Å². The molecule has 0 aromatic carbocycles. The van der Waals surface area contributed by atoms with E-state index in [-0.39, 0.29) is 46.6 Å². The van der Waals surface area contributed by atoms with Crippen molar-refractivity contribution in [3.8, 4) is 0 Å². The molecule has 332 valence electrons. The Morgan fingerprint density at radius 2 is 0.855 bits per heavy atom. The maximum atomic E-state index is 12.2. The molecule has 0 amide bonds. The molecular weight excluding hydrogens is 708 g/mol. The molecule has 1 aliphatic heterocycles. The summed E-state index contributed by atoms with van der Waals surface area (Å²) >= 11 is 0. The molecular formula is C46H90F4O5. The number of rotatable bonds is 8. The number of carbonyl (C=O) groups is 1. The molecule has 7 rings (SSSR count). The van der Waals surface area contributed by atoms with Crippen LogP contribution in [0.1, 0.15) is 196 Å². The van der Waals surface area contributed by atoms with Crippen molar-refractivity contribution in [3.63, 3.8) is 0 Å². The lowest BCUT2D eigenvalue weighted by atomic mass is 9.71. The van der Waals surface area contributed by atoms with Crippen molar-refractivity contribution in [2.75, 3.05) is 26.4 Å². The van der Waals surface area contributed by atoms with E-state index in [1.165, 1.54) is 180 Å². The van der Waals surface area contributed by atoms with Crippen LogP contribution >= 0.6 is 0 Å². The van der Waals surface area contributed by atoms with E-state index in [0.29, 0.717) is 41.3 Å². The molecule has 5 nitrogen and oxygen atoms in total. The van der Waals surface area contributed by atoms with Gasteiger partial charge in [-0.05, 0) is 101 Å². The number of ketones is 1. The molecule has 1 saturated heterocycles. The van der Waals surface area contributed by atoms with Gasteiger partial charge < -0.3 is 19.7 Å². The number of hydrogen-bond acceptors (Lipinski definition) is 5. The molecule has 0 unspecified atom stereocenters. The summed E-state index contributed by atoms with van der Waals surface area (Å²) in [5, 5.41) is 18.0. The highest BCUT2D eigenvalue weighted by atomic mass is 19.0. The van der Waals surface area contributed by atoms with Gasteiger partial charge in [0.15, 0.2) is 5.79 Å². The van der Waals surface area contributed by atoms with E-state index in [9.17, 15) is 4.79 Å². The molecule has 55 heavy (non-hydrogen) atoms. The van der Waals surface area contributed by atoms with Gasteiger partial charge in [-0.15, -0.1) is 0 Å². The summed E-state index contributed by atoms with van der Waals surface area (Å²) in [6.45, 7) is 6.95. The fourth-order valence-corrected chi connectivity index (χ4v) is 11.6. The van der Waals surface area contributed by atoms with Crippen LogP contribution in [0.2, 0.25) is 0 Å². The van der Waals surface area contributed by atoms with Gasteiger partial charge in [-0.3, -0.25) is 23.6 Å². The van der Waals surface area contributed by atoms with Gasteiger partial charge in [-0.2, -0.15) is 0 Å². The van der Waals surface area contributed by atoms with E-state index < -0.39 is 0 Å². The average molecular weight is 801 g/mol. The second-order valence-corrected chi connectivity index (χ2v) is 19.0. The van der Waals surface area contributed by atoms with Crippen LogP contribution in [0.25, 0.3) is 0 Å². The van der Waals surface area contributed by atoms with Gasteiger partial charge in [0.05, 0.1) is 13.2 Å². The Hall–Kier alpha value is -0.770. The topological polar surface area (TPSA) is 76.0 Å². The summed E-state index contributed by atoms with van der Waals surface area (Å²) < 4.78 is 13.6. The van der Waals surface area contributed by atoms with Crippen LogP contribution in [0.4, 0.5) is 18.8 Å². The molecule has 0 bridgehead atoms. The average Bonchev–Trinajstić information content (AvgIpc) is 3.21. The molecule has 0 aromatic heterocycles. The van der Waals surface area contributed by atoms with Gasteiger partial charge in [0, 0.05) is 51.6 Å². The van der Waals surface area contributed by atoms with Crippen molar-refractivity contribution in [3.05, 3.63) is 0 Å². The SMILES string of the molecule is CC1CCC(C(CO)CO)CC1.CC1CCC(C2COC(C3CCCCC3)(C3CCCCC3)OC2)CC1.F.F.F.F.O=C(C1CCCCC1)C1CCCCC1.[2HH].[2HH]. The first-order valence-electron chi connectivity index (χ1n) is 23.0. The van der Waals surface area contributed by atoms with E-state index in [1.54, 1.807) is 0 Å². The van der Waals surface area contributed by atoms with Gasteiger partial charge in [0.25, 0.3) is 0 Å². The van der Waals surface area contributed by atoms with Crippen LogP contribution in [0, 0.1) is 59.2 Å². The normalized spacial score (nSPS) is 30.0. The lowest BCUT2D eigenvalue weighted by Gasteiger charge is -2.52. The highest BCUT2D eigenvalue weighted by Crippen LogP contribution is 2.49. The first-order chi connectivity index (χ1) is 24.9. The van der Waals surface area contributed by atoms with Crippen LogP contribution in [-0.2, 0) is 14.3 Å². The van der Waals surface area contributed by atoms with Crippen LogP contribution in [-0.4, -0.2) is 48.2 Å². The predicted molar refractivity (Wildman–Crippen MR) is 224 cm³/mol. The molecule has 1 heterocycles. The molecule has 0 atom stereocenters. The van der Waals surface area contributed by atoms with Crippen molar-refractivity contribution in [2.24, 2.45) is 59.2 Å². The van der Waals surface area contributed by atoms with Gasteiger partial charge in [-0.1, -0.05) is 117 Å². The number of aliphatic hydroxyl groups excluding tert-OH is 2. The number of hydrogen-bond donors (Lipinski definition) is 2. The Bertz CT molecular complexity index is 908. The van der Waals surface area contributed by atoms with Crippen LogP contribution < -0.4 is 0 Å². The van der Waals surface area contributed by atoms with Gasteiger partial charge in [0.1, 0.15) is 5.78 Å². The third kappa shape index (κ3) is 15.4. The summed E-state index contributed by atoms with van der Waals surface area (Å²) in [5.74, 6) is 6.65. The van der Waals surface area contributed by atoms with Crippen molar-refractivity contribution < 1.29 is 46.2 Å². The lowest BCUT2D eigenvalue weighted by Crippen LogP contribution is -2.56. The predicted octanol–water partition coefficient (Wildman–Crippen LogP) is 12.6. The molecule has 7 aliphatic rings. The van der Waals surface area contributed by atoms with E-state index in [0.717, 1.165) is 31.0 Å². The minimum absolute atomic E-state index is 0. The number of Topliss-reactive ketones (excluding diaryl/α,β-unsaturated/α-hetero) is 1. The molecule has 0 radical (unpaired) electrons. The maximum absolute atomic E-state index is 12.2. The van der Waals surface area contributed by atoms with E-state index in [4.69, 9.17) is 19.7 Å². The Kier molecular flexibility index (Phi) is 26.4.